The normalized spacial score (nSPS) is 17.3. The molecule has 1 fully saturated rings. The van der Waals surface area contributed by atoms with Crippen molar-refractivity contribution >= 4 is 11.4 Å². The second-order valence-electron chi connectivity index (χ2n) is 4.41. The van der Waals surface area contributed by atoms with Crippen molar-refractivity contribution in [2.24, 2.45) is 0 Å². The van der Waals surface area contributed by atoms with Crippen LogP contribution < -0.4 is 5.32 Å². The summed E-state index contributed by atoms with van der Waals surface area (Å²) in [6, 6.07) is 4.07. The molecule has 18 heavy (non-hydrogen) atoms. The molecular formula is C11H11F3N2O2. The van der Waals surface area contributed by atoms with E-state index in [4.69, 9.17) is 0 Å². The van der Waals surface area contributed by atoms with Crippen LogP contribution in [0, 0.1) is 17.0 Å². The van der Waals surface area contributed by atoms with E-state index in [1.54, 1.807) is 0 Å². The number of hydrogen-bond acceptors (Lipinski definition) is 3. The van der Waals surface area contributed by atoms with E-state index in [0.29, 0.717) is 0 Å². The van der Waals surface area contributed by atoms with Gasteiger partial charge in [0.15, 0.2) is 0 Å². The number of hydrogen-bond donors (Lipinski definition) is 1. The zero-order valence-corrected chi connectivity index (χ0v) is 9.54. The maximum Gasteiger partial charge on any atom is 0.411 e. The van der Waals surface area contributed by atoms with Crippen LogP contribution in [0.1, 0.15) is 18.4 Å². The lowest BCUT2D eigenvalue weighted by Crippen LogP contribution is -2.38. The first-order chi connectivity index (χ1) is 8.27. The Labute approximate surface area is 101 Å². The predicted octanol–water partition coefficient (Wildman–Crippen LogP) is 3.41. The summed E-state index contributed by atoms with van der Waals surface area (Å²) in [5.41, 5.74) is -1.71. The van der Waals surface area contributed by atoms with E-state index in [0.717, 1.165) is 0 Å². The number of nitrogens with zero attached hydrogens (tertiary/aromatic N) is 1. The molecule has 0 bridgehead atoms. The molecule has 98 valence electrons. The number of rotatable bonds is 3. The molecule has 1 aromatic carbocycles. The summed E-state index contributed by atoms with van der Waals surface area (Å²) in [7, 11) is 0. The highest BCUT2D eigenvalue weighted by molar-refractivity contribution is 5.61. The van der Waals surface area contributed by atoms with Gasteiger partial charge in [0.1, 0.15) is 5.54 Å². The minimum absolute atomic E-state index is 0.00136. The molecule has 1 aliphatic carbocycles. The Morgan fingerprint density at radius 1 is 1.39 bits per heavy atom. The fraction of sp³-hybridized carbons (Fsp3) is 0.455. The summed E-state index contributed by atoms with van der Waals surface area (Å²) in [5.74, 6) is 0. The third kappa shape index (κ3) is 2.00. The van der Waals surface area contributed by atoms with Crippen LogP contribution in [0.5, 0.6) is 0 Å². The van der Waals surface area contributed by atoms with Crippen molar-refractivity contribution in [2.45, 2.75) is 31.5 Å². The molecule has 0 amide bonds. The second-order valence-corrected chi connectivity index (χ2v) is 4.41. The van der Waals surface area contributed by atoms with Crippen LogP contribution in [0.3, 0.4) is 0 Å². The van der Waals surface area contributed by atoms with E-state index < -0.39 is 16.6 Å². The molecule has 0 aliphatic heterocycles. The van der Waals surface area contributed by atoms with E-state index >= 15 is 0 Å². The van der Waals surface area contributed by atoms with Crippen molar-refractivity contribution in [3.8, 4) is 0 Å². The Kier molecular flexibility index (Phi) is 2.71. The second kappa shape index (κ2) is 3.86. The van der Waals surface area contributed by atoms with Crippen molar-refractivity contribution in [3.63, 3.8) is 0 Å². The lowest BCUT2D eigenvalue weighted by Gasteiger charge is -2.22. The van der Waals surface area contributed by atoms with Crippen LogP contribution in [0.25, 0.3) is 0 Å². The molecular weight excluding hydrogens is 249 g/mol. The van der Waals surface area contributed by atoms with Gasteiger partial charge in [-0.25, -0.2) is 0 Å². The van der Waals surface area contributed by atoms with Gasteiger partial charge in [-0.1, -0.05) is 6.07 Å². The average molecular weight is 260 g/mol. The van der Waals surface area contributed by atoms with Crippen LogP contribution >= 0.6 is 0 Å². The van der Waals surface area contributed by atoms with Gasteiger partial charge in [0.05, 0.1) is 4.92 Å². The molecule has 0 atom stereocenters. The number of halogens is 3. The van der Waals surface area contributed by atoms with Crippen LogP contribution in [0.2, 0.25) is 0 Å². The first kappa shape index (κ1) is 12.7. The molecule has 0 radical (unpaired) electrons. The van der Waals surface area contributed by atoms with E-state index in [-0.39, 0.29) is 29.8 Å². The van der Waals surface area contributed by atoms with E-state index in [2.05, 4.69) is 5.32 Å². The van der Waals surface area contributed by atoms with Gasteiger partial charge >= 0.3 is 6.18 Å². The monoisotopic (exact) mass is 260 g/mol. The Bertz CT molecular complexity index is 496. The summed E-state index contributed by atoms with van der Waals surface area (Å²) >= 11 is 0. The highest BCUT2D eigenvalue weighted by Gasteiger charge is 2.63. The number of anilines is 1. The fourth-order valence-electron chi connectivity index (χ4n) is 1.82. The van der Waals surface area contributed by atoms with Crippen molar-refractivity contribution in [1.82, 2.24) is 0 Å². The van der Waals surface area contributed by atoms with Gasteiger partial charge in [-0.15, -0.1) is 0 Å². The molecule has 0 aromatic heterocycles. The molecule has 1 aromatic rings. The molecule has 0 spiro atoms. The van der Waals surface area contributed by atoms with Crippen LogP contribution in [0.15, 0.2) is 18.2 Å². The summed E-state index contributed by atoms with van der Waals surface area (Å²) in [6.45, 7) is 1.44. The highest BCUT2D eigenvalue weighted by atomic mass is 19.4. The van der Waals surface area contributed by atoms with E-state index in [1.165, 1.54) is 25.1 Å². The zero-order chi connectivity index (χ0) is 13.6. The van der Waals surface area contributed by atoms with Gasteiger partial charge < -0.3 is 5.32 Å². The van der Waals surface area contributed by atoms with Crippen molar-refractivity contribution < 1.29 is 18.1 Å². The Balaban J connectivity index is 2.31. The van der Waals surface area contributed by atoms with Gasteiger partial charge in [0, 0.05) is 17.3 Å². The van der Waals surface area contributed by atoms with E-state index in [9.17, 15) is 23.3 Å². The molecule has 0 heterocycles. The molecule has 7 heteroatoms. The van der Waals surface area contributed by atoms with Gasteiger partial charge in [0.25, 0.3) is 5.69 Å². The smallest absolute Gasteiger partial charge is 0.371 e. The quantitative estimate of drug-likeness (QED) is 0.669. The first-order valence-electron chi connectivity index (χ1n) is 5.36. The number of benzene rings is 1. The maximum atomic E-state index is 12.8. The molecule has 1 saturated carbocycles. The summed E-state index contributed by atoms with van der Waals surface area (Å²) < 4.78 is 38.3. The number of nitrogens with one attached hydrogen (secondary N) is 1. The van der Waals surface area contributed by atoms with Gasteiger partial charge in [-0.3, -0.25) is 10.1 Å². The van der Waals surface area contributed by atoms with E-state index in [1.807, 2.05) is 0 Å². The van der Waals surface area contributed by atoms with Crippen molar-refractivity contribution in [3.05, 3.63) is 33.9 Å². The van der Waals surface area contributed by atoms with Gasteiger partial charge in [-0.05, 0) is 25.8 Å². The minimum Gasteiger partial charge on any atom is -0.371 e. The molecule has 0 unspecified atom stereocenters. The maximum absolute atomic E-state index is 12.8. The molecule has 4 nitrogen and oxygen atoms in total. The number of nitro benzene ring substituents is 1. The zero-order valence-electron chi connectivity index (χ0n) is 9.54. The average Bonchev–Trinajstić information content (AvgIpc) is 3.01. The largest absolute Gasteiger partial charge is 0.411 e. The lowest BCUT2D eigenvalue weighted by atomic mass is 10.1. The first-order valence-corrected chi connectivity index (χ1v) is 5.36. The van der Waals surface area contributed by atoms with Crippen LogP contribution in [0.4, 0.5) is 24.5 Å². The molecule has 1 N–H and O–H groups in total. The molecule has 2 rings (SSSR count). The SMILES string of the molecule is Cc1c(NC2(C(F)(F)F)CC2)cccc1[N+](=O)[O-]. The van der Waals surface area contributed by atoms with Gasteiger partial charge in [0.2, 0.25) is 0 Å². The molecule has 1 aliphatic rings. The van der Waals surface area contributed by atoms with Crippen molar-refractivity contribution in [2.75, 3.05) is 5.32 Å². The Hall–Kier alpha value is -1.79. The highest BCUT2D eigenvalue weighted by Crippen LogP contribution is 2.51. The topological polar surface area (TPSA) is 55.2 Å². The Morgan fingerprint density at radius 2 is 2.00 bits per heavy atom. The standard InChI is InChI=1S/C11H11F3N2O2/c1-7-8(3-2-4-9(7)16(17)18)15-10(5-6-10)11(12,13)14/h2-4,15H,5-6H2,1H3. The van der Waals surface area contributed by atoms with Crippen LogP contribution in [-0.4, -0.2) is 16.6 Å². The Morgan fingerprint density at radius 3 is 2.44 bits per heavy atom. The van der Waals surface area contributed by atoms with Crippen molar-refractivity contribution in [1.29, 1.82) is 0 Å². The third-order valence-corrected chi connectivity index (χ3v) is 3.17. The predicted molar refractivity (Wildman–Crippen MR) is 59.5 cm³/mol. The minimum atomic E-state index is -4.34. The summed E-state index contributed by atoms with van der Waals surface area (Å²) in [5, 5.41) is 13.1. The van der Waals surface area contributed by atoms with Crippen LogP contribution in [-0.2, 0) is 0 Å². The third-order valence-electron chi connectivity index (χ3n) is 3.17. The summed E-state index contributed by atoms with van der Waals surface area (Å²) in [4.78, 5) is 10.1. The molecule has 0 saturated heterocycles. The van der Waals surface area contributed by atoms with Gasteiger partial charge in [-0.2, -0.15) is 13.2 Å². The fourth-order valence-corrected chi connectivity index (χ4v) is 1.82. The summed E-state index contributed by atoms with van der Waals surface area (Å²) in [6.07, 6.45) is -4.35. The number of alkyl halides is 3. The number of nitro groups is 1. The lowest BCUT2D eigenvalue weighted by molar-refractivity contribution is -0.385.